The van der Waals surface area contributed by atoms with Gasteiger partial charge in [-0.05, 0) is 11.6 Å². The van der Waals surface area contributed by atoms with Crippen molar-refractivity contribution >= 4 is 27.0 Å². The molecule has 0 aliphatic rings. The molecule has 9 heavy (non-hydrogen) atoms. The molecule has 0 aromatic carbocycles. The predicted molar refractivity (Wildman–Crippen MR) is 33.9 cm³/mol. The maximum Gasteiger partial charge on any atom is 0.329 e. The van der Waals surface area contributed by atoms with Gasteiger partial charge in [0.25, 0.3) is 0 Å². The topological polar surface area (TPSA) is 54.5 Å². The minimum atomic E-state index is -3.45. The molecule has 0 heterocycles. The maximum atomic E-state index is 10.4. The van der Waals surface area contributed by atoms with Gasteiger partial charge in [-0.1, -0.05) is 0 Å². The lowest BCUT2D eigenvalue weighted by Crippen LogP contribution is -2.27. The van der Waals surface area contributed by atoms with Crippen LogP contribution in [-0.2, 0) is 10.0 Å². The Labute approximate surface area is 58.5 Å². The lowest BCUT2D eigenvalue weighted by atomic mass is 11.2. The summed E-state index contributed by atoms with van der Waals surface area (Å²) in [6, 6.07) is 0. The van der Waals surface area contributed by atoms with Crippen molar-refractivity contribution < 1.29 is 13.2 Å². The summed E-state index contributed by atoms with van der Waals surface area (Å²) in [7, 11) is -2.36. The second-order valence-corrected chi connectivity index (χ2v) is 3.82. The Morgan fingerprint density at radius 3 is 1.89 bits per heavy atom. The van der Waals surface area contributed by atoms with E-state index >= 15 is 0 Å². The van der Waals surface area contributed by atoms with E-state index in [1.54, 1.807) is 0 Å². The first-order chi connectivity index (χ1) is 3.85. The Morgan fingerprint density at radius 1 is 1.56 bits per heavy atom. The van der Waals surface area contributed by atoms with Crippen molar-refractivity contribution in [2.75, 3.05) is 13.3 Å². The summed E-state index contributed by atoms with van der Waals surface area (Å²) in [5.74, 6) is 0. The molecule has 0 unspecified atom stereocenters. The minimum absolute atomic E-state index is 0.453. The van der Waals surface area contributed by atoms with E-state index in [1.807, 2.05) is 0 Å². The van der Waals surface area contributed by atoms with E-state index in [-0.39, 0.29) is 0 Å². The van der Waals surface area contributed by atoms with Crippen LogP contribution in [0.4, 0.5) is 4.79 Å². The molecular weight excluding hydrogens is 166 g/mol. The van der Waals surface area contributed by atoms with Crippen molar-refractivity contribution in [2.45, 2.75) is 0 Å². The van der Waals surface area contributed by atoms with E-state index < -0.39 is 15.4 Å². The van der Waals surface area contributed by atoms with E-state index in [2.05, 4.69) is 0 Å². The SMILES string of the molecule is CN(C(=O)Cl)S(C)(=O)=O. The molecule has 6 heteroatoms. The number of carbonyl (C=O) groups is 1. The summed E-state index contributed by atoms with van der Waals surface area (Å²) < 4.78 is 21.2. The second-order valence-electron chi connectivity index (χ2n) is 1.48. The lowest BCUT2D eigenvalue weighted by molar-refractivity contribution is 0.249. The third kappa shape index (κ3) is 2.67. The average molecular weight is 172 g/mol. The molecule has 4 nitrogen and oxygen atoms in total. The van der Waals surface area contributed by atoms with Crippen LogP contribution in [0, 0.1) is 0 Å². The standard InChI is InChI=1S/C3H6ClNO3S/c1-5(3(4)6)9(2,7)8/h1-2H3. The Kier molecular flexibility index (Phi) is 2.45. The first-order valence-corrected chi connectivity index (χ1v) is 4.21. The highest BCUT2D eigenvalue weighted by atomic mass is 35.5. The fourth-order valence-corrected chi connectivity index (χ4v) is 0.767. The Hall–Kier alpha value is -0.290. The van der Waals surface area contributed by atoms with Crippen LogP contribution in [0.1, 0.15) is 0 Å². The molecule has 0 saturated heterocycles. The van der Waals surface area contributed by atoms with Crippen LogP contribution in [0.3, 0.4) is 0 Å². The number of hydrogen-bond donors (Lipinski definition) is 0. The maximum absolute atomic E-state index is 10.4. The normalized spacial score (nSPS) is 11.0. The number of rotatable bonds is 1. The van der Waals surface area contributed by atoms with Gasteiger partial charge in [-0.2, -0.15) is 0 Å². The summed E-state index contributed by atoms with van der Waals surface area (Å²) in [5, 5.41) is -1.00. The zero-order chi connectivity index (χ0) is 7.65. The van der Waals surface area contributed by atoms with Crippen LogP contribution in [0.25, 0.3) is 0 Å². The van der Waals surface area contributed by atoms with Crippen molar-refractivity contribution in [3.63, 3.8) is 0 Å². The van der Waals surface area contributed by atoms with E-state index in [0.717, 1.165) is 13.3 Å². The van der Waals surface area contributed by atoms with Gasteiger partial charge in [0.05, 0.1) is 6.26 Å². The zero-order valence-electron chi connectivity index (χ0n) is 4.96. The smallest absolute Gasteiger partial charge is 0.254 e. The lowest BCUT2D eigenvalue weighted by Gasteiger charge is -2.08. The van der Waals surface area contributed by atoms with Crippen LogP contribution in [0.5, 0.6) is 0 Å². The molecular formula is C3H6ClNO3S. The van der Waals surface area contributed by atoms with E-state index in [9.17, 15) is 13.2 Å². The summed E-state index contributed by atoms with van der Waals surface area (Å²) in [4.78, 5) is 10.1. The molecule has 0 fully saturated rings. The molecule has 0 atom stereocenters. The van der Waals surface area contributed by atoms with Gasteiger partial charge in [0.1, 0.15) is 0 Å². The van der Waals surface area contributed by atoms with Gasteiger partial charge < -0.3 is 0 Å². The van der Waals surface area contributed by atoms with Gasteiger partial charge in [0.2, 0.25) is 10.0 Å². The molecule has 0 bridgehead atoms. The number of sulfonamides is 1. The van der Waals surface area contributed by atoms with Crippen molar-refractivity contribution in [3.05, 3.63) is 0 Å². The fourth-order valence-electron chi connectivity index (χ4n) is 0.130. The number of carbonyl (C=O) groups excluding carboxylic acids is 1. The number of hydrogen-bond acceptors (Lipinski definition) is 3. The van der Waals surface area contributed by atoms with E-state index in [4.69, 9.17) is 11.6 Å². The highest BCUT2D eigenvalue weighted by Crippen LogP contribution is 1.97. The van der Waals surface area contributed by atoms with Gasteiger partial charge in [-0.15, -0.1) is 0 Å². The van der Waals surface area contributed by atoms with Gasteiger partial charge in [-0.25, -0.2) is 12.7 Å². The second kappa shape index (κ2) is 2.53. The summed E-state index contributed by atoms with van der Waals surface area (Å²) in [6.07, 6.45) is 0.896. The highest BCUT2D eigenvalue weighted by molar-refractivity contribution is 7.89. The third-order valence-corrected chi connectivity index (χ3v) is 2.26. The first kappa shape index (κ1) is 8.71. The van der Waals surface area contributed by atoms with Crippen LogP contribution < -0.4 is 0 Å². The Morgan fingerprint density at radius 2 is 1.89 bits per heavy atom. The van der Waals surface area contributed by atoms with Gasteiger partial charge in [0.15, 0.2) is 0 Å². The fraction of sp³-hybridized carbons (Fsp3) is 0.667. The van der Waals surface area contributed by atoms with Crippen molar-refractivity contribution in [1.29, 1.82) is 0 Å². The van der Waals surface area contributed by atoms with Gasteiger partial charge in [-0.3, -0.25) is 4.79 Å². The quantitative estimate of drug-likeness (QED) is 0.420. The van der Waals surface area contributed by atoms with Crippen molar-refractivity contribution in [2.24, 2.45) is 0 Å². The molecule has 0 aliphatic heterocycles. The monoisotopic (exact) mass is 171 g/mol. The average Bonchev–Trinajstić information content (AvgIpc) is 1.62. The summed E-state index contributed by atoms with van der Waals surface area (Å²) >= 11 is 4.82. The highest BCUT2D eigenvalue weighted by Gasteiger charge is 2.14. The van der Waals surface area contributed by atoms with Gasteiger partial charge >= 0.3 is 5.37 Å². The molecule has 0 spiro atoms. The van der Waals surface area contributed by atoms with Crippen LogP contribution >= 0.6 is 11.6 Å². The molecule has 0 radical (unpaired) electrons. The van der Waals surface area contributed by atoms with Gasteiger partial charge in [0, 0.05) is 7.05 Å². The van der Waals surface area contributed by atoms with E-state index in [1.165, 1.54) is 0 Å². The first-order valence-electron chi connectivity index (χ1n) is 1.99. The molecule has 0 rings (SSSR count). The summed E-state index contributed by atoms with van der Waals surface area (Å²) in [6.45, 7) is 0. The molecule has 0 saturated carbocycles. The predicted octanol–water partition coefficient (Wildman–Crippen LogP) is 0.237. The largest absolute Gasteiger partial charge is 0.329 e. The van der Waals surface area contributed by atoms with Crippen LogP contribution in [0.15, 0.2) is 0 Å². The number of halogens is 1. The van der Waals surface area contributed by atoms with E-state index in [0.29, 0.717) is 4.31 Å². The molecule has 0 aliphatic carbocycles. The Bertz CT molecular complexity index is 209. The molecule has 0 aromatic heterocycles. The number of nitrogens with zero attached hydrogens (tertiary/aromatic N) is 1. The molecule has 0 aromatic rings. The number of amides is 1. The zero-order valence-corrected chi connectivity index (χ0v) is 6.53. The van der Waals surface area contributed by atoms with Crippen molar-refractivity contribution in [1.82, 2.24) is 4.31 Å². The third-order valence-electron chi connectivity index (χ3n) is 0.745. The minimum Gasteiger partial charge on any atom is -0.254 e. The van der Waals surface area contributed by atoms with Crippen molar-refractivity contribution in [3.8, 4) is 0 Å². The molecule has 54 valence electrons. The summed E-state index contributed by atoms with van der Waals surface area (Å²) in [5.41, 5.74) is 0. The Balaban J connectivity index is 4.43. The molecule has 0 N–H and O–H groups in total. The van der Waals surface area contributed by atoms with Crippen LogP contribution in [0.2, 0.25) is 0 Å². The van der Waals surface area contributed by atoms with Crippen LogP contribution in [-0.4, -0.2) is 31.4 Å². The molecule has 1 amide bonds.